The molecule has 1 aromatic carbocycles. The van der Waals surface area contributed by atoms with Crippen LogP contribution in [0.15, 0.2) is 18.2 Å². The number of hydrogen-bond acceptors (Lipinski definition) is 2. The number of nitrogens with zero attached hydrogens (tertiary/aromatic N) is 2. The average molecular weight is 225 g/mol. The first-order valence-corrected chi connectivity index (χ1v) is 5.62. The fourth-order valence-corrected chi connectivity index (χ4v) is 1.93. The Bertz CT molecular complexity index is 588. The van der Waals surface area contributed by atoms with Gasteiger partial charge in [0.2, 0.25) is 0 Å². The van der Waals surface area contributed by atoms with E-state index in [-0.39, 0.29) is 0 Å². The topological polar surface area (TPSA) is 52.5 Å². The second-order valence-corrected chi connectivity index (χ2v) is 4.31. The van der Waals surface area contributed by atoms with Crippen LogP contribution in [0.25, 0.3) is 11.3 Å². The van der Waals surface area contributed by atoms with E-state index in [9.17, 15) is 0 Å². The van der Waals surface area contributed by atoms with Crippen LogP contribution in [0, 0.1) is 32.1 Å². The molecule has 1 heterocycles. The Morgan fingerprint density at radius 1 is 1.29 bits per heavy atom. The molecule has 2 rings (SSSR count). The summed E-state index contributed by atoms with van der Waals surface area (Å²) in [4.78, 5) is 7.65. The van der Waals surface area contributed by atoms with E-state index in [1.54, 1.807) is 0 Å². The number of aromatic nitrogens is 2. The molecule has 0 radical (unpaired) electrons. The Balaban J connectivity index is 2.53. The summed E-state index contributed by atoms with van der Waals surface area (Å²) >= 11 is 0. The highest BCUT2D eigenvalue weighted by Gasteiger charge is 2.11. The van der Waals surface area contributed by atoms with Gasteiger partial charge in [0, 0.05) is 11.3 Å². The van der Waals surface area contributed by atoms with Gasteiger partial charge in [0.1, 0.15) is 5.82 Å². The summed E-state index contributed by atoms with van der Waals surface area (Å²) in [6.45, 7) is 6.14. The van der Waals surface area contributed by atoms with Gasteiger partial charge in [0.05, 0.1) is 18.2 Å². The van der Waals surface area contributed by atoms with Crippen LogP contribution in [0.2, 0.25) is 0 Å². The molecular formula is C14H15N3. The maximum absolute atomic E-state index is 8.68. The molecule has 0 aliphatic carbocycles. The molecule has 2 aromatic rings. The first-order chi connectivity index (χ1) is 8.11. The molecule has 0 saturated heterocycles. The van der Waals surface area contributed by atoms with Gasteiger partial charge in [-0.3, -0.25) is 0 Å². The van der Waals surface area contributed by atoms with Crippen molar-refractivity contribution in [2.45, 2.75) is 27.2 Å². The molecule has 0 aliphatic heterocycles. The zero-order valence-corrected chi connectivity index (χ0v) is 10.3. The maximum Gasteiger partial charge on any atom is 0.121 e. The van der Waals surface area contributed by atoms with E-state index in [0.717, 1.165) is 22.8 Å². The third-order valence-electron chi connectivity index (χ3n) is 2.83. The van der Waals surface area contributed by atoms with Gasteiger partial charge in [-0.05, 0) is 32.4 Å². The molecule has 86 valence electrons. The van der Waals surface area contributed by atoms with Gasteiger partial charge in [-0.15, -0.1) is 0 Å². The molecule has 0 amide bonds. The summed E-state index contributed by atoms with van der Waals surface area (Å²) in [5.41, 5.74) is 5.53. The van der Waals surface area contributed by atoms with Crippen LogP contribution >= 0.6 is 0 Å². The maximum atomic E-state index is 8.68. The highest BCUT2D eigenvalue weighted by atomic mass is 14.9. The largest absolute Gasteiger partial charge is 0.345 e. The summed E-state index contributed by atoms with van der Waals surface area (Å²) in [6.07, 6.45) is 0.325. The van der Waals surface area contributed by atoms with E-state index in [0.29, 0.717) is 6.42 Å². The van der Waals surface area contributed by atoms with Crippen molar-refractivity contribution in [3.05, 3.63) is 40.8 Å². The van der Waals surface area contributed by atoms with Crippen molar-refractivity contribution in [3.63, 3.8) is 0 Å². The molecule has 0 bridgehead atoms. The van der Waals surface area contributed by atoms with Crippen molar-refractivity contribution in [1.82, 2.24) is 9.97 Å². The number of imidazole rings is 1. The minimum Gasteiger partial charge on any atom is -0.345 e. The van der Waals surface area contributed by atoms with Gasteiger partial charge in [0.25, 0.3) is 0 Å². The van der Waals surface area contributed by atoms with Crippen LogP contribution < -0.4 is 0 Å². The van der Waals surface area contributed by atoms with Crippen LogP contribution in [0.3, 0.4) is 0 Å². The number of H-pyrrole nitrogens is 1. The lowest BCUT2D eigenvalue weighted by atomic mass is 10.0. The Kier molecular flexibility index (Phi) is 2.97. The van der Waals surface area contributed by atoms with E-state index >= 15 is 0 Å². The summed E-state index contributed by atoms with van der Waals surface area (Å²) in [7, 11) is 0. The molecule has 0 atom stereocenters. The predicted octanol–water partition coefficient (Wildman–Crippen LogP) is 3.07. The average Bonchev–Trinajstić information content (AvgIpc) is 2.64. The van der Waals surface area contributed by atoms with Crippen molar-refractivity contribution < 1.29 is 0 Å². The number of benzene rings is 1. The van der Waals surface area contributed by atoms with Crippen LogP contribution in [-0.2, 0) is 6.42 Å². The van der Waals surface area contributed by atoms with E-state index in [1.807, 2.05) is 6.92 Å². The van der Waals surface area contributed by atoms with Gasteiger partial charge in [0.15, 0.2) is 0 Å². The molecule has 0 spiro atoms. The van der Waals surface area contributed by atoms with Gasteiger partial charge >= 0.3 is 0 Å². The number of hydrogen-bond donors (Lipinski definition) is 1. The molecule has 0 unspecified atom stereocenters. The van der Waals surface area contributed by atoms with Crippen molar-refractivity contribution in [1.29, 1.82) is 5.26 Å². The first-order valence-electron chi connectivity index (χ1n) is 5.62. The zero-order chi connectivity index (χ0) is 12.4. The van der Waals surface area contributed by atoms with Gasteiger partial charge in [-0.2, -0.15) is 5.26 Å². The van der Waals surface area contributed by atoms with Gasteiger partial charge in [-0.1, -0.05) is 17.7 Å². The standard InChI is InChI=1S/C14H15N3/c1-9-4-5-10(2)12(8-9)14-11(3)16-13(17-14)6-7-15/h4-5,8H,6H2,1-3H3,(H,16,17). The van der Waals surface area contributed by atoms with Crippen LogP contribution in [-0.4, -0.2) is 9.97 Å². The Hall–Kier alpha value is -2.08. The number of aryl methyl sites for hydroxylation is 3. The van der Waals surface area contributed by atoms with E-state index in [1.165, 1.54) is 11.1 Å². The van der Waals surface area contributed by atoms with Crippen LogP contribution in [0.1, 0.15) is 22.6 Å². The molecule has 17 heavy (non-hydrogen) atoms. The highest BCUT2D eigenvalue weighted by molar-refractivity contribution is 5.66. The third-order valence-corrected chi connectivity index (χ3v) is 2.83. The van der Waals surface area contributed by atoms with Crippen molar-refractivity contribution >= 4 is 0 Å². The summed E-state index contributed by atoms with van der Waals surface area (Å²) < 4.78 is 0. The lowest BCUT2D eigenvalue weighted by Gasteiger charge is -2.05. The molecule has 0 aliphatic rings. The summed E-state index contributed by atoms with van der Waals surface area (Å²) in [5, 5.41) is 8.68. The van der Waals surface area contributed by atoms with E-state index in [2.05, 4.69) is 48.1 Å². The van der Waals surface area contributed by atoms with Crippen molar-refractivity contribution in [3.8, 4) is 17.3 Å². The Labute approximate surface area is 101 Å². The quantitative estimate of drug-likeness (QED) is 0.853. The van der Waals surface area contributed by atoms with Crippen LogP contribution in [0.5, 0.6) is 0 Å². The lowest BCUT2D eigenvalue weighted by Crippen LogP contribution is -1.88. The van der Waals surface area contributed by atoms with E-state index in [4.69, 9.17) is 5.26 Å². The number of nitrogens with one attached hydrogen (secondary N) is 1. The smallest absolute Gasteiger partial charge is 0.121 e. The van der Waals surface area contributed by atoms with Gasteiger partial charge in [-0.25, -0.2) is 4.98 Å². The minimum absolute atomic E-state index is 0.325. The first kappa shape index (κ1) is 11.4. The highest BCUT2D eigenvalue weighted by Crippen LogP contribution is 2.25. The molecule has 3 heteroatoms. The predicted molar refractivity (Wildman–Crippen MR) is 67.6 cm³/mol. The van der Waals surface area contributed by atoms with Gasteiger partial charge < -0.3 is 4.98 Å². The van der Waals surface area contributed by atoms with Crippen molar-refractivity contribution in [2.24, 2.45) is 0 Å². The van der Waals surface area contributed by atoms with Crippen molar-refractivity contribution in [2.75, 3.05) is 0 Å². The SMILES string of the molecule is Cc1ccc(C)c(-c2nc(CC#N)[nH]c2C)c1. The fourth-order valence-electron chi connectivity index (χ4n) is 1.93. The third kappa shape index (κ3) is 2.21. The number of aromatic amines is 1. The molecule has 1 aromatic heterocycles. The molecule has 0 saturated carbocycles. The molecule has 3 nitrogen and oxygen atoms in total. The van der Waals surface area contributed by atoms with Crippen LogP contribution in [0.4, 0.5) is 0 Å². The fraction of sp³-hybridized carbons (Fsp3) is 0.286. The number of nitriles is 1. The lowest BCUT2D eigenvalue weighted by molar-refractivity contribution is 1.05. The normalized spacial score (nSPS) is 10.2. The second kappa shape index (κ2) is 4.42. The second-order valence-electron chi connectivity index (χ2n) is 4.31. The Morgan fingerprint density at radius 2 is 2.06 bits per heavy atom. The summed E-state index contributed by atoms with van der Waals surface area (Å²) in [5.74, 6) is 0.737. The Morgan fingerprint density at radius 3 is 2.76 bits per heavy atom. The summed E-state index contributed by atoms with van der Waals surface area (Å²) in [6, 6.07) is 8.44. The molecule has 0 fully saturated rings. The molecule has 1 N–H and O–H groups in total. The monoisotopic (exact) mass is 225 g/mol. The number of rotatable bonds is 2. The van der Waals surface area contributed by atoms with E-state index < -0.39 is 0 Å². The minimum atomic E-state index is 0.325. The molecular weight excluding hydrogens is 210 g/mol. The zero-order valence-electron chi connectivity index (χ0n) is 10.3.